The van der Waals surface area contributed by atoms with Crippen molar-refractivity contribution in [1.29, 1.82) is 0 Å². The van der Waals surface area contributed by atoms with Gasteiger partial charge in [0.25, 0.3) is 0 Å². The van der Waals surface area contributed by atoms with Crippen molar-refractivity contribution in [1.82, 2.24) is 20.1 Å². The summed E-state index contributed by atoms with van der Waals surface area (Å²) in [4.78, 5) is 19.5. The summed E-state index contributed by atoms with van der Waals surface area (Å²) in [5.74, 6) is 1.09. The highest BCUT2D eigenvalue weighted by atomic mass is 16.3. The number of nitrogens with one attached hydrogen (secondary N) is 2. The minimum absolute atomic E-state index is 0.0758. The molecule has 2 aliphatic rings. The van der Waals surface area contributed by atoms with Gasteiger partial charge < -0.3 is 15.3 Å². The number of nitrogens with zero attached hydrogens (tertiary/aromatic N) is 3. The van der Waals surface area contributed by atoms with Crippen LogP contribution in [-0.4, -0.2) is 49.8 Å². The zero-order valence-electron chi connectivity index (χ0n) is 18.4. The SMILES string of the molecule is O=C(CC1(O)CCCCC1)N1CC[C@H](c2ccc3c(NCc4ccccc4)n[nH]c3n2)C1. The number of H-pyrrole nitrogens is 1. The van der Waals surface area contributed by atoms with Gasteiger partial charge in [-0.2, -0.15) is 5.10 Å². The van der Waals surface area contributed by atoms with Crippen LogP contribution in [-0.2, 0) is 11.3 Å². The van der Waals surface area contributed by atoms with E-state index in [4.69, 9.17) is 4.98 Å². The minimum Gasteiger partial charge on any atom is -0.389 e. The van der Waals surface area contributed by atoms with Gasteiger partial charge >= 0.3 is 0 Å². The van der Waals surface area contributed by atoms with Gasteiger partial charge in [0.1, 0.15) is 0 Å². The molecule has 168 valence electrons. The molecular formula is C25H31N5O2. The number of fused-ring (bicyclic) bond motifs is 1. The molecule has 7 nitrogen and oxygen atoms in total. The van der Waals surface area contributed by atoms with Crippen LogP contribution in [0.25, 0.3) is 11.0 Å². The van der Waals surface area contributed by atoms with Crippen LogP contribution in [0.1, 0.15) is 62.1 Å². The average molecular weight is 434 g/mol. The maximum atomic E-state index is 12.8. The van der Waals surface area contributed by atoms with Gasteiger partial charge in [-0.3, -0.25) is 9.89 Å². The Balaban J connectivity index is 1.22. The van der Waals surface area contributed by atoms with E-state index in [1.807, 2.05) is 23.1 Å². The lowest BCUT2D eigenvalue weighted by Crippen LogP contribution is -2.39. The maximum absolute atomic E-state index is 12.8. The highest BCUT2D eigenvalue weighted by molar-refractivity contribution is 5.87. The number of hydrogen-bond acceptors (Lipinski definition) is 5. The van der Waals surface area contributed by atoms with E-state index in [2.05, 4.69) is 39.8 Å². The van der Waals surface area contributed by atoms with E-state index in [-0.39, 0.29) is 18.2 Å². The molecule has 0 unspecified atom stereocenters. The number of aliphatic hydroxyl groups is 1. The first kappa shape index (κ1) is 20.9. The first-order chi connectivity index (χ1) is 15.6. The van der Waals surface area contributed by atoms with Crippen molar-refractivity contribution in [2.75, 3.05) is 18.4 Å². The lowest BCUT2D eigenvalue weighted by Gasteiger charge is -2.32. The Kier molecular flexibility index (Phi) is 5.83. The van der Waals surface area contributed by atoms with E-state index in [1.165, 1.54) is 5.56 Å². The first-order valence-corrected chi connectivity index (χ1v) is 11.7. The third-order valence-electron chi connectivity index (χ3n) is 6.97. The van der Waals surface area contributed by atoms with Gasteiger partial charge in [-0.1, -0.05) is 49.6 Å². The summed E-state index contributed by atoms with van der Waals surface area (Å²) in [7, 11) is 0. The van der Waals surface area contributed by atoms with Gasteiger partial charge in [-0.05, 0) is 37.0 Å². The highest BCUT2D eigenvalue weighted by Gasteiger charge is 2.36. The normalized spacial score (nSPS) is 20.5. The summed E-state index contributed by atoms with van der Waals surface area (Å²) in [6, 6.07) is 14.3. The minimum atomic E-state index is -0.802. The third-order valence-corrected chi connectivity index (χ3v) is 6.97. The predicted molar refractivity (Wildman–Crippen MR) is 124 cm³/mol. The second kappa shape index (κ2) is 8.90. The molecule has 0 radical (unpaired) electrons. The number of pyridine rings is 1. The number of likely N-dealkylation sites (tertiary alicyclic amines) is 1. The van der Waals surface area contributed by atoms with Crippen molar-refractivity contribution in [2.45, 2.75) is 63.0 Å². The number of carbonyl (C=O) groups excluding carboxylic acids is 1. The van der Waals surface area contributed by atoms with E-state index in [0.717, 1.165) is 67.6 Å². The third kappa shape index (κ3) is 4.48. The van der Waals surface area contributed by atoms with Crippen LogP contribution in [0.15, 0.2) is 42.5 Å². The molecule has 3 aromatic rings. The fourth-order valence-corrected chi connectivity index (χ4v) is 5.07. The van der Waals surface area contributed by atoms with Crippen LogP contribution in [0.3, 0.4) is 0 Å². The molecular weight excluding hydrogens is 402 g/mol. The molecule has 1 saturated carbocycles. The number of hydrogen-bond donors (Lipinski definition) is 3. The van der Waals surface area contributed by atoms with E-state index >= 15 is 0 Å². The molecule has 1 atom stereocenters. The molecule has 1 aliphatic carbocycles. The van der Waals surface area contributed by atoms with Gasteiger partial charge in [-0.25, -0.2) is 4.98 Å². The Bertz CT molecular complexity index is 1070. The van der Waals surface area contributed by atoms with Crippen molar-refractivity contribution in [3.05, 3.63) is 53.7 Å². The topological polar surface area (TPSA) is 94.1 Å². The zero-order chi connectivity index (χ0) is 22.0. The number of aromatic nitrogens is 3. The van der Waals surface area contributed by atoms with E-state index in [1.54, 1.807) is 0 Å². The molecule has 5 rings (SSSR count). The molecule has 1 amide bonds. The fourth-order valence-electron chi connectivity index (χ4n) is 5.07. The molecule has 0 bridgehead atoms. The quantitative estimate of drug-likeness (QED) is 0.547. The Hall–Kier alpha value is -2.93. The molecule has 3 heterocycles. The molecule has 2 aromatic heterocycles. The van der Waals surface area contributed by atoms with Crippen molar-refractivity contribution in [3.63, 3.8) is 0 Å². The van der Waals surface area contributed by atoms with Crippen LogP contribution >= 0.6 is 0 Å². The molecule has 1 saturated heterocycles. The summed E-state index contributed by atoms with van der Waals surface area (Å²) in [5.41, 5.74) is 2.15. The Morgan fingerprint density at radius 2 is 1.97 bits per heavy atom. The van der Waals surface area contributed by atoms with Gasteiger partial charge in [-0.15, -0.1) is 0 Å². The number of rotatable bonds is 6. The average Bonchev–Trinajstić information content (AvgIpc) is 3.46. The number of carbonyl (C=O) groups is 1. The van der Waals surface area contributed by atoms with Crippen molar-refractivity contribution < 1.29 is 9.90 Å². The molecule has 1 aliphatic heterocycles. The van der Waals surface area contributed by atoms with Crippen LogP contribution in [0.4, 0.5) is 5.82 Å². The van der Waals surface area contributed by atoms with Crippen molar-refractivity contribution in [3.8, 4) is 0 Å². The number of benzene rings is 1. The van der Waals surface area contributed by atoms with E-state index in [9.17, 15) is 9.90 Å². The van der Waals surface area contributed by atoms with E-state index < -0.39 is 5.60 Å². The fraction of sp³-hybridized carbons (Fsp3) is 0.480. The summed E-state index contributed by atoms with van der Waals surface area (Å²) in [6.07, 6.45) is 5.83. The Morgan fingerprint density at radius 1 is 1.16 bits per heavy atom. The predicted octanol–water partition coefficient (Wildman–Crippen LogP) is 3.97. The highest BCUT2D eigenvalue weighted by Crippen LogP contribution is 2.33. The smallest absolute Gasteiger partial charge is 0.225 e. The molecule has 0 spiro atoms. The summed E-state index contributed by atoms with van der Waals surface area (Å²) < 4.78 is 0. The molecule has 7 heteroatoms. The largest absolute Gasteiger partial charge is 0.389 e. The Morgan fingerprint density at radius 3 is 2.78 bits per heavy atom. The lowest BCUT2D eigenvalue weighted by molar-refractivity contribution is -0.136. The van der Waals surface area contributed by atoms with E-state index in [0.29, 0.717) is 13.1 Å². The van der Waals surface area contributed by atoms with Crippen molar-refractivity contribution in [2.24, 2.45) is 0 Å². The van der Waals surface area contributed by atoms with Crippen LogP contribution in [0, 0.1) is 0 Å². The number of anilines is 1. The summed E-state index contributed by atoms with van der Waals surface area (Å²) in [6.45, 7) is 2.10. The van der Waals surface area contributed by atoms with Crippen LogP contribution in [0.5, 0.6) is 0 Å². The Labute approximate surface area is 188 Å². The van der Waals surface area contributed by atoms with Crippen LogP contribution in [0.2, 0.25) is 0 Å². The van der Waals surface area contributed by atoms with Gasteiger partial charge in [0.2, 0.25) is 5.91 Å². The first-order valence-electron chi connectivity index (χ1n) is 11.7. The monoisotopic (exact) mass is 433 g/mol. The van der Waals surface area contributed by atoms with Gasteiger partial charge in [0.15, 0.2) is 11.5 Å². The molecule has 32 heavy (non-hydrogen) atoms. The zero-order valence-corrected chi connectivity index (χ0v) is 18.4. The summed E-state index contributed by atoms with van der Waals surface area (Å²) in [5, 5.41) is 22.5. The lowest BCUT2D eigenvalue weighted by atomic mass is 9.82. The van der Waals surface area contributed by atoms with Crippen LogP contribution < -0.4 is 5.32 Å². The summed E-state index contributed by atoms with van der Waals surface area (Å²) >= 11 is 0. The standard InChI is InChI=1S/C25H31N5O2/c31-22(15-25(32)12-5-2-6-13-25)30-14-11-19(17-30)21-10-9-20-23(28-29-24(20)27-21)26-16-18-7-3-1-4-8-18/h1,3-4,7-10,19,32H,2,5-6,11-17H2,(H2,26,27,28,29)/t19-/m0/s1. The number of amides is 1. The maximum Gasteiger partial charge on any atom is 0.225 e. The molecule has 3 N–H and O–H groups in total. The second-order valence-electron chi connectivity index (χ2n) is 9.33. The van der Waals surface area contributed by atoms with Crippen molar-refractivity contribution >= 4 is 22.8 Å². The second-order valence-corrected chi connectivity index (χ2v) is 9.33. The number of aromatic amines is 1. The molecule has 1 aromatic carbocycles. The molecule has 2 fully saturated rings. The van der Waals surface area contributed by atoms with Gasteiger partial charge in [0, 0.05) is 31.2 Å². The van der Waals surface area contributed by atoms with Gasteiger partial charge in [0.05, 0.1) is 17.4 Å².